The minimum absolute atomic E-state index is 0.224. The second-order valence-corrected chi connectivity index (χ2v) is 5.52. The van der Waals surface area contributed by atoms with E-state index in [9.17, 15) is 0 Å². The summed E-state index contributed by atoms with van der Waals surface area (Å²) in [6.45, 7) is 0.588. The number of aromatic nitrogens is 2. The molecule has 1 heterocycles. The zero-order chi connectivity index (χ0) is 14.7. The molecule has 0 saturated heterocycles. The molecule has 0 bridgehead atoms. The van der Waals surface area contributed by atoms with Crippen molar-refractivity contribution in [2.45, 2.75) is 37.6 Å². The topological polar surface area (TPSA) is 74.2 Å². The molecule has 0 fully saturated rings. The Hall–Kier alpha value is -1.72. The third kappa shape index (κ3) is 2.99. The summed E-state index contributed by atoms with van der Waals surface area (Å²) in [5, 5.41) is 4.16. The van der Waals surface area contributed by atoms with Gasteiger partial charge in [0.05, 0.1) is 6.04 Å². The van der Waals surface area contributed by atoms with Gasteiger partial charge in [-0.15, -0.1) is 0 Å². The Balaban J connectivity index is 1.81. The molecule has 5 nitrogen and oxygen atoms in total. The summed E-state index contributed by atoms with van der Waals surface area (Å²) in [4.78, 5) is 4.53. The smallest absolute Gasteiger partial charge is 0.243 e. The van der Waals surface area contributed by atoms with Gasteiger partial charge in [-0.1, -0.05) is 29.4 Å². The first-order valence-corrected chi connectivity index (χ1v) is 7.45. The van der Waals surface area contributed by atoms with Gasteiger partial charge in [0, 0.05) is 19.6 Å². The van der Waals surface area contributed by atoms with Crippen LogP contribution in [-0.2, 0) is 11.2 Å². The van der Waals surface area contributed by atoms with Crippen LogP contribution in [0, 0.1) is 0 Å². The SMILES string of the molecule is COCCC(N)c1nc(C2CCCc3ccccc32)no1. The standard InChI is InChI=1S/C16H21N3O2/c1-20-10-9-14(17)16-18-15(19-21-16)13-8-4-6-11-5-2-3-7-12(11)13/h2-3,5,7,13-14H,4,6,8-10,17H2,1H3. The summed E-state index contributed by atoms with van der Waals surface area (Å²) in [6, 6.07) is 8.25. The molecule has 112 valence electrons. The van der Waals surface area contributed by atoms with Crippen molar-refractivity contribution in [3.05, 3.63) is 47.1 Å². The van der Waals surface area contributed by atoms with E-state index in [1.54, 1.807) is 7.11 Å². The van der Waals surface area contributed by atoms with Crippen LogP contribution in [-0.4, -0.2) is 23.9 Å². The molecule has 2 aromatic rings. The van der Waals surface area contributed by atoms with Crippen molar-refractivity contribution in [2.75, 3.05) is 13.7 Å². The summed E-state index contributed by atoms with van der Waals surface area (Å²) < 4.78 is 10.4. The van der Waals surface area contributed by atoms with Crippen LogP contribution in [0.25, 0.3) is 0 Å². The lowest BCUT2D eigenvalue weighted by atomic mass is 9.82. The van der Waals surface area contributed by atoms with Crippen molar-refractivity contribution in [1.29, 1.82) is 0 Å². The number of ether oxygens (including phenoxy) is 1. The lowest BCUT2D eigenvalue weighted by Gasteiger charge is -2.22. The average molecular weight is 287 g/mol. The summed E-state index contributed by atoms with van der Waals surface area (Å²) in [5.74, 6) is 1.48. The number of benzene rings is 1. The second-order valence-electron chi connectivity index (χ2n) is 5.52. The zero-order valence-corrected chi connectivity index (χ0v) is 12.3. The highest BCUT2D eigenvalue weighted by molar-refractivity contribution is 5.36. The maximum atomic E-state index is 6.04. The molecule has 5 heteroatoms. The number of nitrogens with zero attached hydrogens (tertiary/aromatic N) is 2. The van der Waals surface area contributed by atoms with E-state index in [1.165, 1.54) is 11.1 Å². The van der Waals surface area contributed by atoms with Crippen LogP contribution in [0.4, 0.5) is 0 Å². The Morgan fingerprint density at radius 1 is 1.43 bits per heavy atom. The molecular formula is C16H21N3O2. The molecular weight excluding hydrogens is 266 g/mol. The molecule has 0 amide bonds. The van der Waals surface area contributed by atoms with E-state index in [1.807, 2.05) is 0 Å². The predicted molar refractivity (Wildman–Crippen MR) is 78.9 cm³/mol. The Morgan fingerprint density at radius 3 is 3.14 bits per heavy atom. The van der Waals surface area contributed by atoms with Gasteiger partial charge in [0.2, 0.25) is 5.89 Å². The number of rotatable bonds is 5. The van der Waals surface area contributed by atoms with Gasteiger partial charge in [0.15, 0.2) is 5.82 Å². The van der Waals surface area contributed by atoms with Gasteiger partial charge >= 0.3 is 0 Å². The van der Waals surface area contributed by atoms with Gasteiger partial charge in [-0.3, -0.25) is 0 Å². The molecule has 0 aliphatic heterocycles. The largest absolute Gasteiger partial charge is 0.385 e. The first-order chi connectivity index (χ1) is 10.3. The highest BCUT2D eigenvalue weighted by Crippen LogP contribution is 2.35. The van der Waals surface area contributed by atoms with Gasteiger partial charge in [0.1, 0.15) is 0 Å². The average Bonchev–Trinajstić information content (AvgIpc) is 3.02. The van der Waals surface area contributed by atoms with E-state index in [0.29, 0.717) is 18.9 Å². The number of hydrogen-bond acceptors (Lipinski definition) is 5. The van der Waals surface area contributed by atoms with Crippen molar-refractivity contribution in [3.63, 3.8) is 0 Å². The van der Waals surface area contributed by atoms with Crippen molar-refractivity contribution in [1.82, 2.24) is 10.1 Å². The lowest BCUT2D eigenvalue weighted by Crippen LogP contribution is -2.14. The Bertz CT molecular complexity index is 597. The molecule has 21 heavy (non-hydrogen) atoms. The van der Waals surface area contributed by atoms with Crippen LogP contribution in [0.1, 0.15) is 54.1 Å². The molecule has 1 aliphatic carbocycles. The van der Waals surface area contributed by atoms with Crippen LogP contribution in [0.15, 0.2) is 28.8 Å². The van der Waals surface area contributed by atoms with Crippen LogP contribution in [0.5, 0.6) is 0 Å². The fourth-order valence-corrected chi connectivity index (χ4v) is 2.93. The first kappa shape index (κ1) is 14.2. The highest BCUT2D eigenvalue weighted by Gasteiger charge is 2.26. The van der Waals surface area contributed by atoms with Gasteiger partial charge in [-0.25, -0.2) is 0 Å². The third-order valence-corrected chi connectivity index (χ3v) is 4.09. The summed E-state index contributed by atoms with van der Waals surface area (Å²) in [5.41, 5.74) is 8.76. The quantitative estimate of drug-likeness (QED) is 0.914. The normalized spacial score (nSPS) is 19.2. The van der Waals surface area contributed by atoms with Crippen LogP contribution in [0.2, 0.25) is 0 Å². The Kier molecular flexibility index (Phi) is 4.31. The van der Waals surface area contributed by atoms with Crippen molar-refractivity contribution in [2.24, 2.45) is 5.73 Å². The van der Waals surface area contributed by atoms with Crippen LogP contribution in [0.3, 0.4) is 0 Å². The van der Waals surface area contributed by atoms with E-state index >= 15 is 0 Å². The molecule has 2 N–H and O–H groups in total. The number of aryl methyl sites for hydroxylation is 1. The van der Waals surface area contributed by atoms with Crippen molar-refractivity contribution < 1.29 is 9.26 Å². The summed E-state index contributed by atoms with van der Waals surface area (Å²) in [6.07, 6.45) is 4.02. The molecule has 3 rings (SSSR count). The third-order valence-electron chi connectivity index (χ3n) is 4.09. The highest BCUT2D eigenvalue weighted by atomic mass is 16.5. The fraction of sp³-hybridized carbons (Fsp3) is 0.500. The van der Waals surface area contributed by atoms with Gasteiger partial charge in [-0.05, 0) is 36.8 Å². The Morgan fingerprint density at radius 2 is 2.29 bits per heavy atom. The summed E-state index contributed by atoms with van der Waals surface area (Å²) >= 11 is 0. The molecule has 0 saturated carbocycles. The zero-order valence-electron chi connectivity index (χ0n) is 12.3. The predicted octanol–water partition coefficient (Wildman–Crippen LogP) is 2.57. The maximum Gasteiger partial charge on any atom is 0.243 e. The van der Waals surface area contributed by atoms with Crippen molar-refractivity contribution in [3.8, 4) is 0 Å². The fourth-order valence-electron chi connectivity index (χ4n) is 2.93. The number of methoxy groups -OCH3 is 1. The minimum atomic E-state index is -0.259. The molecule has 1 aromatic heterocycles. The second kappa shape index (κ2) is 6.37. The minimum Gasteiger partial charge on any atom is -0.385 e. The van der Waals surface area contributed by atoms with E-state index in [2.05, 4.69) is 34.4 Å². The monoisotopic (exact) mass is 287 g/mol. The molecule has 2 unspecified atom stereocenters. The van der Waals surface area contributed by atoms with Crippen LogP contribution < -0.4 is 5.73 Å². The van der Waals surface area contributed by atoms with E-state index in [-0.39, 0.29) is 12.0 Å². The first-order valence-electron chi connectivity index (χ1n) is 7.45. The van der Waals surface area contributed by atoms with Gasteiger partial charge in [0.25, 0.3) is 0 Å². The molecule has 1 aromatic carbocycles. The molecule has 0 radical (unpaired) electrons. The van der Waals surface area contributed by atoms with Gasteiger partial charge < -0.3 is 15.0 Å². The molecule has 0 spiro atoms. The number of nitrogens with two attached hydrogens (primary N) is 1. The van der Waals surface area contributed by atoms with E-state index in [4.69, 9.17) is 15.0 Å². The van der Waals surface area contributed by atoms with Crippen molar-refractivity contribution >= 4 is 0 Å². The number of fused-ring (bicyclic) bond motifs is 1. The van der Waals surface area contributed by atoms with E-state index < -0.39 is 0 Å². The van der Waals surface area contributed by atoms with E-state index in [0.717, 1.165) is 25.1 Å². The Labute approximate surface area is 124 Å². The maximum absolute atomic E-state index is 6.04. The van der Waals surface area contributed by atoms with Gasteiger partial charge in [-0.2, -0.15) is 4.98 Å². The molecule has 1 aliphatic rings. The number of hydrogen-bond donors (Lipinski definition) is 1. The van der Waals surface area contributed by atoms with Crippen LogP contribution >= 0.6 is 0 Å². The summed E-state index contributed by atoms with van der Waals surface area (Å²) in [7, 11) is 1.66. The lowest BCUT2D eigenvalue weighted by molar-refractivity contribution is 0.182. The molecule has 2 atom stereocenters.